The molecule has 1 heterocycles. The van der Waals surface area contributed by atoms with E-state index < -0.39 is 0 Å². The van der Waals surface area contributed by atoms with Crippen LogP contribution in [0.2, 0.25) is 0 Å². The molecule has 0 saturated heterocycles. The van der Waals surface area contributed by atoms with Crippen LogP contribution in [0.5, 0.6) is 5.75 Å². The maximum absolute atomic E-state index is 5.34. The third-order valence-electron chi connectivity index (χ3n) is 1.55. The summed E-state index contributed by atoms with van der Waals surface area (Å²) in [5.41, 5.74) is 1.17. The van der Waals surface area contributed by atoms with Gasteiger partial charge in [0.05, 0.1) is 0 Å². The smallest absolute Gasteiger partial charge is 0.126 e. The van der Waals surface area contributed by atoms with Crippen LogP contribution in [0.15, 0.2) is 30.3 Å². The fourth-order valence-corrected chi connectivity index (χ4v) is 1.06. The van der Waals surface area contributed by atoms with E-state index in [2.05, 4.69) is 6.08 Å². The quantitative estimate of drug-likeness (QED) is 0.622. The molecule has 0 spiro atoms. The van der Waals surface area contributed by atoms with Crippen molar-refractivity contribution in [1.29, 1.82) is 0 Å². The molecule has 0 radical (unpaired) electrons. The number of para-hydroxylation sites is 1. The van der Waals surface area contributed by atoms with Crippen LogP contribution in [0.3, 0.4) is 0 Å². The van der Waals surface area contributed by atoms with Crippen LogP contribution in [0, 0.1) is 0 Å². The molecule has 0 amide bonds. The maximum Gasteiger partial charge on any atom is 0.126 e. The third kappa shape index (κ3) is 2.33. The molecule has 0 fully saturated rings. The molecule has 3 heteroatoms. The second kappa shape index (κ2) is 5.34. The van der Waals surface area contributed by atoms with Gasteiger partial charge in [-0.05, 0) is 23.1 Å². The van der Waals surface area contributed by atoms with Gasteiger partial charge in [-0.25, -0.2) is 0 Å². The number of fused-ring (bicyclic) bond motifs is 1. The Bertz CT molecular complexity index is 273. The molecule has 0 aliphatic carbocycles. The first kappa shape index (κ1) is 11.7. The van der Waals surface area contributed by atoms with Crippen molar-refractivity contribution >= 4 is 17.0 Å². The van der Waals surface area contributed by atoms with Gasteiger partial charge in [-0.2, -0.15) is 0 Å². The van der Waals surface area contributed by atoms with Crippen LogP contribution < -0.4 is 4.74 Å². The Morgan fingerprint density at radius 3 is 2.67 bits per heavy atom. The Labute approximate surface area is 91.1 Å². The zero-order valence-electron chi connectivity index (χ0n) is 5.99. The van der Waals surface area contributed by atoms with E-state index in [1.807, 2.05) is 30.3 Å². The van der Waals surface area contributed by atoms with E-state index in [1.54, 1.807) is 0 Å². The summed E-state index contributed by atoms with van der Waals surface area (Å²) < 4.78 is 5.34. The summed E-state index contributed by atoms with van der Waals surface area (Å²) in [6, 6.07) is 8.03. The molecule has 0 unspecified atom stereocenters. The molecule has 1 aromatic carbocycles. The molecular formula is C9H12MoOSi. The molecule has 1 nitrogen and oxygen atoms in total. The van der Waals surface area contributed by atoms with E-state index in [0.29, 0.717) is 6.61 Å². The summed E-state index contributed by atoms with van der Waals surface area (Å²) in [6.07, 6.45) is 4.10. The Morgan fingerprint density at radius 2 is 1.92 bits per heavy atom. The van der Waals surface area contributed by atoms with E-state index in [4.69, 9.17) is 4.74 Å². The van der Waals surface area contributed by atoms with Crippen molar-refractivity contribution in [3.05, 3.63) is 35.9 Å². The van der Waals surface area contributed by atoms with E-state index in [1.165, 1.54) is 5.56 Å². The van der Waals surface area contributed by atoms with Gasteiger partial charge in [0.1, 0.15) is 12.4 Å². The molecule has 1 aromatic rings. The molecule has 1 aliphatic rings. The number of hydrogen-bond donors (Lipinski definition) is 0. The molecule has 1 aliphatic heterocycles. The largest absolute Gasteiger partial charge is 0.489 e. The first-order valence-electron chi connectivity index (χ1n) is 3.35. The van der Waals surface area contributed by atoms with Gasteiger partial charge in [-0.3, -0.25) is 0 Å². The average Bonchev–Trinajstić information content (AvgIpc) is 2.05. The topological polar surface area (TPSA) is 9.23 Å². The Morgan fingerprint density at radius 1 is 1.17 bits per heavy atom. The van der Waals surface area contributed by atoms with Crippen LogP contribution in [-0.2, 0) is 21.1 Å². The molecule has 0 aromatic heterocycles. The number of hydrogen-bond acceptors (Lipinski definition) is 1. The average molecular weight is 260 g/mol. The maximum atomic E-state index is 5.34. The zero-order chi connectivity index (χ0) is 6.81. The third-order valence-corrected chi connectivity index (χ3v) is 1.55. The monoisotopic (exact) mass is 262 g/mol. The fraction of sp³-hybridized carbons (Fsp3) is 0.111. The van der Waals surface area contributed by atoms with Crippen LogP contribution in [-0.4, -0.2) is 17.6 Å². The second-order valence-corrected chi connectivity index (χ2v) is 2.25. The first-order chi connectivity index (χ1) is 4.97. The van der Waals surface area contributed by atoms with Gasteiger partial charge < -0.3 is 4.74 Å². The van der Waals surface area contributed by atoms with E-state index in [9.17, 15) is 0 Å². The number of ether oxygens (including phenoxy) is 1. The molecule has 2 rings (SSSR count). The summed E-state index contributed by atoms with van der Waals surface area (Å²) in [4.78, 5) is 0. The van der Waals surface area contributed by atoms with Crippen LogP contribution in [0.25, 0.3) is 6.08 Å². The van der Waals surface area contributed by atoms with E-state index >= 15 is 0 Å². The van der Waals surface area contributed by atoms with Gasteiger partial charge in [0.25, 0.3) is 0 Å². The summed E-state index contributed by atoms with van der Waals surface area (Å²) in [6.45, 7) is 0.705. The summed E-state index contributed by atoms with van der Waals surface area (Å²) in [7, 11) is 0. The minimum Gasteiger partial charge on any atom is -0.489 e. The van der Waals surface area contributed by atoms with Crippen molar-refractivity contribution in [1.82, 2.24) is 0 Å². The van der Waals surface area contributed by atoms with Crippen molar-refractivity contribution in [3.63, 3.8) is 0 Å². The summed E-state index contributed by atoms with van der Waals surface area (Å²) in [5, 5.41) is 0. The SMILES string of the molecule is C1=Cc2ccccc2OC1.[Mo].[SiH4]. The van der Waals surface area contributed by atoms with Crippen molar-refractivity contribution in [3.8, 4) is 5.75 Å². The Kier molecular flexibility index (Phi) is 5.19. The fourth-order valence-electron chi connectivity index (χ4n) is 1.06. The molecule has 64 valence electrons. The number of rotatable bonds is 0. The van der Waals surface area contributed by atoms with Crippen molar-refractivity contribution < 1.29 is 25.8 Å². The van der Waals surface area contributed by atoms with Crippen molar-refractivity contribution in [2.75, 3.05) is 6.61 Å². The Hall–Kier alpha value is -0.335. The van der Waals surface area contributed by atoms with Gasteiger partial charge in [0, 0.05) is 26.6 Å². The minimum atomic E-state index is 0. The van der Waals surface area contributed by atoms with Crippen LogP contribution in [0.4, 0.5) is 0 Å². The normalized spacial score (nSPS) is 11.7. The number of benzene rings is 1. The predicted molar refractivity (Wildman–Crippen MR) is 52.3 cm³/mol. The molecule has 0 bridgehead atoms. The van der Waals surface area contributed by atoms with Gasteiger partial charge in [0.2, 0.25) is 0 Å². The summed E-state index contributed by atoms with van der Waals surface area (Å²) >= 11 is 0. The van der Waals surface area contributed by atoms with Crippen molar-refractivity contribution in [2.45, 2.75) is 0 Å². The molecular weight excluding hydrogens is 248 g/mol. The van der Waals surface area contributed by atoms with Gasteiger partial charge >= 0.3 is 0 Å². The first-order valence-corrected chi connectivity index (χ1v) is 3.35. The summed E-state index contributed by atoms with van der Waals surface area (Å²) in [5.74, 6) is 0.991. The Balaban J connectivity index is 0.000000605. The van der Waals surface area contributed by atoms with Crippen LogP contribution in [0.1, 0.15) is 5.56 Å². The zero-order valence-corrected chi connectivity index (χ0v) is 7.99. The second-order valence-electron chi connectivity index (χ2n) is 2.25. The van der Waals surface area contributed by atoms with Gasteiger partial charge in [-0.15, -0.1) is 0 Å². The standard InChI is InChI=1S/C9H8O.Mo.H4Si/c1-2-6-9-8(4-1)5-3-7-10-9;;/h1-6H,7H2;;1H4. The van der Waals surface area contributed by atoms with Crippen LogP contribution >= 0.6 is 0 Å². The van der Waals surface area contributed by atoms with Gasteiger partial charge in [-0.1, -0.05) is 24.3 Å². The van der Waals surface area contributed by atoms with E-state index in [-0.39, 0.29) is 32.0 Å². The van der Waals surface area contributed by atoms with E-state index in [0.717, 1.165) is 5.75 Å². The van der Waals surface area contributed by atoms with Gasteiger partial charge in [0.15, 0.2) is 0 Å². The molecule has 0 saturated carbocycles. The minimum absolute atomic E-state index is 0. The molecule has 0 N–H and O–H groups in total. The molecule has 12 heavy (non-hydrogen) atoms. The molecule has 0 atom stereocenters. The van der Waals surface area contributed by atoms with Crippen molar-refractivity contribution in [2.24, 2.45) is 0 Å². The predicted octanol–water partition coefficient (Wildman–Crippen LogP) is 0.638.